The third-order valence-electron chi connectivity index (χ3n) is 7.84. The summed E-state index contributed by atoms with van der Waals surface area (Å²) in [6.07, 6.45) is 0.472. The second kappa shape index (κ2) is 11.4. The molecule has 1 saturated heterocycles. The number of hydrogen-bond acceptors (Lipinski definition) is 7. The van der Waals surface area contributed by atoms with E-state index in [-0.39, 0.29) is 38.4 Å². The first-order valence-electron chi connectivity index (χ1n) is 13.2. The van der Waals surface area contributed by atoms with E-state index in [1.165, 1.54) is 4.90 Å². The highest BCUT2D eigenvalue weighted by Crippen LogP contribution is 2.44. The summed E-state index contributed by atoms with van der Waals surface area (Å²) in [6.45, 7) is -0.0966. The molecule has 10 nitrogen and oxygen atoms in total. The molecule has 1 aliphatic heterocycles. The van der Waals surface area contributed by atoms with E-state index in [2.05, 4.69) is 4.98 Å². The fourth-order valence-electron chi connectivity index (χ4n) is 5.64. The van der Waals surface area contributed by atoms with E-state index in [1.54, 1.807) is 11.0 Å². The largest absolute Gasteiger partial charge is 0.465 e. The molecule has 0 saturated carbocycles. The Balaban J connectivity index is 1.63. The van der Waals surface area contributed by atoms with Gasteiger partial charge in [0.25, 0.3) is 10.1 Å². The molecule has 2 N–H and O–H groups in total. The molecule has 1 atom stereocenters. The molecule has 3 aromatic carbocycles. The molecule has 41 heavy (non-hydrogen) atoms. The van der Waals surface area contributed by atoms with Crippen molar-refractivity contribution in [2.24, 2.45) is 5.41 Å². The highest BCUT2D eigenvalue weighted by Gasteiger charge is 2.46. The molecule has 4 aromatic rings. The highest BCUT2D eigenvalue weighted by atomic mass is 32.2. The first kappa shape index (κ1) is 28.5. The van der Waals surface area contributed by atoms with Crippen LogP contribution in [0.2, 0.25) is 0 Å². The van der Waals surface area contributed by atoms with Crippen molar-refractivity contribution in [1.82, 2.24) is 19.7 Å². The molecule has 0 spiro atoms. The van der Waals surface area contributed by atoms with Crippen LogP contribution in [0.1, 0.15) is 41.5 Å². The zero-order valence-electron chi connectivity index (χ0n) is 22.6. The van der Waals surface area contributed by atoms with E-state index in [1.807, 2.05) is 91.0 Å². The van der Waals surface area contributed by atoms with Gasteiger partial charge in [0.2, 0.25) is 0 Å². The highest BCUT2D eigenvalue weighted by molar-refractivity contribution is 7.85. The Morgan fingerprint density at radius 1 is 0.927 bits per heavy atom. The van der Waals surface area contributed by atoms with Gasteiger partial charge in [-0.25, -0.2) is 14.5 Å². The number of aliphatic hydroxyl groups is 1. The van der Waals surface area contributed by atoms with Crippen molar-refractivity contribution in [2.75, 3.05) is 26.0 Å². The Labute approximate surface area is 239 Å². The predicted molar refractivity (Wildman–Crippen MR) is 152 cm³/mol. The molecule has 11 heteroatoms. The minimum absolute atomic E-state index is 0.0954. The third kappa shape index (κ3) is 5.61. The second-order valence-corrected chi connectivity index (χ2v) is 12.0. The molecule has 1 fully saturated rings. The van der Waals surface area contributed by atoms with Gasteiger partial charge in [-0.2, -0.15) is 13.5 Å². The number of aliphatic hydroxyl groups excluding tert-OH is 1. The lowest BCUT2D eigenvalue weighted by molar-refractivity contribution is -0.0532. The average Bonchev–Trinajstić information content (AvgIpc) is 3.48. The molecule has 1 aliphatic rings. The maximum absolute atomic E-state index is 11.9. The van der Waals surface area contributed by atoms with Gasteiger partial charge in [0, 0.05) is 18.5 Å². The average molecular weight is 577 g/mol. The number of aromatic nitrogens is 3. The molecule has 0 aliphatic carbocycles. The topological polar surface area (TPSA) is 135 Å². The number of rotatable bonds is 9. The summed E-state index contributed by atoms with van der Waals surface area (Å²) < 4.78 is 30.7. The van der Waals surface area contributed by atoms with Crippen LogP contribution in [0.5, 0.6) is 0 Å². The molecule has 0 bridgehead atoms. The Morgan fingerprint density at radius 3 is 1.80 bits per heavy atom. The van der Waals surface area contributed by atoms with Gasteiger partial charge in [-0.3, -0.25) is 4.18 Å². The van der Waals surface area contributed by atoms with Gasteiger partial charge in [-0.05, 0) is 29.5 Å². The van der Waals surface area contributed by atoms with Crippen molar-refractivity contribution in [1.29, 1.82) is 0 Å². The zero-order valence-corrected chi connectivity index (χ0v) is 23.4. The van der Waals surface area contributed by atoms with Crippen LogP contribution >= 0.6 is 0 Å². The van der Waals surface area contributed by atoms with E-state index < -0.39 is 33.3 Å². The Hall–Kier alpha value is -4.06. The summed E-state index contributed by atoms with van der Waals surface area (Å²) in [6, 6.07) is 29.6. The summed E-state index contributed by atoms with van der Waals surface area (Å²) in [4.78, 5) is 17.3. The number of nitrogens with zero attached hydrogens (tertiary/aromatic N) is 4. The molecule has 1 unspecified atom stereocenters. The van der Waals surface area contributed by atoms with E-state index in [9.17, 15) is 23.4 Å². The van der Waals surface area contributed by atoms with Gasteiger partial charge in [-0.1, -0.05) is 91.0 Å². The normalized spacial score (nSPS) is 16.3. The van der Waals surface area contributed by atoms with Gasteiger partial charge in [-0.15, -0.1) is 0 Å². The first-order chi connectivity index (χ1) is 19.7. The van der Waals surface area contributed by atoms with Crippen molar-refractivity contribution >= 4 is 16.2 Å². The molecule has 1 aromatic heterocycles. The maximum atomic E-state index is 11.9. The van der Waals surface area contributed by atoms with Crippen LogP contribution < -0.4 is 0 Å². The first-order valence-corrected chi connectivity index (χ1v) is 15.1. The van der Waals surface area contributed by atoms with Crippen LogP contribution in [-0.2, 0) is 19.8 Å². The van der Waals surface area contributed by atoms with Crippen molar-refractivity contribution < 1.29 is 27.6 Å². The standard InChI is InChI=1S/C30H32N4O6S/c1-41(38,39)40-21-29(17-19-33(20-18-29)28(36)37)26(35)27-31-22-34(32-27)30(23-11-5-2-6-12-23,24-13-7-3-8-14-24)25-15-9-4-10-16-25/h2-16,22,26,35H,17-21H2,1H3,(H,36,37). The van der Waals surface area contributed by atoms with E-state index in [4.69, 9.17) is 9.28 Å². The summed E-state index contributed by atoms with van der Waals surface area (Å²) in [5.74, 6) is 0.0954. The molecule has 214 valence electrons. The van der Waals surface area contributed by atoms with Crippen LogP contribution in [0.25, 0.3) is 0 Å². The van der Waals surface area contributed by atoms with E-state index in [0.717, 1.165) is 22.9 Å². The molecular formula is C30H32N4O6S. The molecular weight excluding hydrogens is 544 g/mol. The number of likely N-dealkylation sites (tertiary alicyclic amines) is 1. The Morgan fingerprint density at radius 2 is 1.39 bits per heavy atom. The number of piperidine rings is 1. The number of carbonyl (C=O) groups is 1. The summed E-state index contributed by atoms with van der Waals surface area (Å²) in [7, 11) is -3.82. The van der Waals surface area contributed by atoms with Crippen molar-refractivity contribution in [3.05, 3.63) is 120 Å². The summed E-state index contributed by atoms with van der Waals surface area (Å²) >= 11 is 0. The van der Waals surface area contributed by atoms with Crippen LogP contribution in [0.3, 0.4) is 0 Å². The number of benzene rings is 3. The monoisotopic (exact) mass is 576 g/mol. The fraction of sp³-hybridized carbons (Fsp3) is 0.300. The quantitative estimate of drug-likeness (QED) is 0.226. The molecule has 2 heterocycles. The number of hydrogen-bond donors (Lipinski definition) is 2. The smallest absolute Gasteiger partial charge is 0.407 e. The minimum Gasteiger partial charge on any atom is -0.465 e. The number of carboxylic acid groups (broad SMARTS) is 1. The number of amides is 1. The van der Waals surface area contributed by atoms with Crippen molar-refractivity contribution in [3.63, 3.8) is 0 Å². The zero-order chi connectivity index (χ0) is 29.1. The van der Waals surface area contributed by atoms with E-state index >= 15 is 0 Å². The lowest BCUT2D eigenvalue weighted by Crippen LogP contribution is -2.48. The van der Waals surface area contributed by atoms with Gasteiger partial charge < -0.3 is 15.1 Å². The predicted octanol–water partition coefficient (Wildman–Crippen LogP) is 3.89. The lowest BCUT2D eigenvalue weighted by Gasteiger charge is -2.42. The van der Waals surface area contributed by atoms with Gasteiger partial charge >= 0.3 is 6.09 Å². The van der Waals surface area contributed by atoms with Crippen molar-refractivity contribution in [3.8, 4) is 0 Å². The third-order valence-corrected chi connectivity index (χ3v) is 8.39. The van der Waals surface area contributed by atoms with Crippen LogP contribution in [0, 0.1) is 5.41 Å². The lowest BCUT2D eigenvalue weighted by atomic mass is 9.74. The van der Waals surface area contributed by atoms with Gasteiger partial charge in [0.05, 0.1) is 12.9 Å². The van der Waals surface area contributed by atoms with Gasteiger partial charge in [0.1, 0.15) is 18.0 Å². The minimum atomic E-state index is -3.82. The summed E-state index contributed by atoms with van der Waals surface area (Å²) in [5, 5.41) is 26.0. The SMILES string of the molecule is CS(=O)(=O)OCC1(C(O)c2ncn(C(c3ccccc3)(c3ccccc3)c3ccccc3)n2)CCN(C(=O)O)CC1. The second-order valence-electron chi connectivity index (χ2n) is 10.4. The van der Waals surface area contributed by atoms with Crippen molar-refractivity contribution in [2.45, 2.75) is 24.5 Å². The Bertz CT molecular complexity index is 1470. The van der Waals surface area contributed by atoms with Gasteiger partial charge in [0.15, 0.2) is 5.82 Å². The Kier molecular flexibility index (Phi) is 7.94. The van der Waals surface area contributed by atoms with Crippen LogP contribution in [0.4, 0.5) is 4.79 Å². The molecule has 1 amide bonds. The summed E-state index contributed by atoms with van der Waals surface area (Å²) in [5.41, 5.74) is 0.711. The van der Waals surface area contributed by atoms with Crippen LogP contribution in [-0.4, -0.2) is 70.3 Å². The molecule has 5 rings (SSSR count). The van der Waals surface area contributed by atoms with Crippen LogP contribution in [0.15, 0.2) is 97.3 Å². The van der Waals surface area contributed by atoms with E-state index in [0.29, 0.717) is 0 Å². The molecule has 0 radical (unpaired) electrons. The fourth-order valence-corrected chi connectivity index (χ4v) is 6.08. The maximum Gasteiger partial charge on any atom is 0.407 e.